The van der Waals surface area contributed by atoms with Crippen LogP contribution < -0.4 is 0 Å². The molecule has 0 amide bonds. The van der Waals surface area contributed by atoms with Gasteiger partial charge in [-0.2, -0.15) is 0 Å². The highest BCUT2D eigenvalue weighted by Gasteiger charge is 2.63. The zero-order valence-corrected chi connectivity index (χ0v) is 16.4. The highest BCUT2D eigenvalue weighted by Crippen LogP contribution is 2.67. The minimum absolute atomic E-state index is 0.0388. The van der Waals surface area contributed by atoms with Crippen LogP contribution in [-0.4, -0.2) is 28.1 Å². The number of fused-ring (bicyclic) bond motifs is 5. The van der Waals surface area contributed by atoms with E-state index in [1.807, 2.05) is 6.92 Å². The average molecular weight is 363 g/mol. The zero-order valence-electron chi connectivity index (χ0n) is 16.4. The van der Waals surface area contributed by atoms with Crippen LogP contribution in [0.2, 0.25) is 0 Å². The van der Waals surface area contributed by atoms with E-state index in [1.165, 1.54) is 0 Å². The molecule has 7 unspecified atom stereocenters. The molecule has 146 valence electrons. The minimum atomic E-state index is -0.719. The summed E-state index contributed by atoms with van der Waals surface area (Å²) in [4.78, 5) is 25.1. The van der Waals surface area contributed by atoms with Gasteiger partial charge in [0, 0.05) is 12.3 Å². The number of ketones is 1. The SMILES string of the molecule is C[C@H](C(=O)O)C1CCC2C3CCC4C[C@H](O)CCC4(C)C3C(=O)CC21C. The van der Waals surface area contributed by atoms with E-state index in [2.05, 4.69) is 13.8 Å². The van der Waals surface area contributed by atoms with Crippen LogP contribution in [0.15, 0.2) is 0 Å². The van der Waals surface area contributed by atoms with Gasteiger partial charge in [-0.25, -0.2) is 0 Å². The molecular weight excluding hydrogens is 328 g/mol. The number of rotatable bonds is 2. The second-order valence-corrected chi connectivity index (χ2v) is 10.4. The molecule has 0 saturated heterocycles. The van der Waals surface area contributed by atoms with Gasteiger partial charge < -0.3 is 10.2 Å². The third kappa shape index (κ3) is 2.43. The minimum Gasteiger partial charge on any atom is -0.481 e. The monoisotopic (exact) mass is 362 g/mol. The first-order chi connectivity index (χ1) is 12.2. The van der Waals surface area contributed by atoms with Gasteiger partial charge in [-0.3, -0.25) is 9.59 Å². The van der Waals surface area contributed by atoms with Crippen molar-refractivity contribution in [1.82, 2.24) is 0 Å². The fourth-order valence-corrected chi connectivity index (χ4v) is 8.08. The molecule has 4 nitrogen and oxygen atoms in total. The molecule has 4 heteroatoms. The fraction of sp³-hybridized carbons (Fsp3) is 0.909. The Balaban J connectivity index is 1.65. The first kappa shape index (κ1) is 18.5. The highest BCUT2D eigenvalue weighted by molar-refractivity contribution is 5.84. The van der Waals surface area contributed by atoms with E-state index < -0.39 is 5.97 Å². The molecule has 4 fully saturated rings. The van der Waals surface area contributed by atoms with Gasteiger partial charge in [-0.05, 0) is 79.4 Å². The van der Waals surface area contributed by atoms with E-state index in [1.54, 1.807) is 0 Å². The van der Waals surface area contributed by atoms with Gasteiger partial charge in [-0.1, -0.05) is 20.8 Å². The molecule has 0 aromatic heterocycles. The highest BCUT2D eigenvalue weighted by atomic mass is 16.4. The summed E-state index contributed by atoms with van der Waals surface area (Å²) in [5.74, 6) is 0.928. The van der Waals surface area contributed by atoms with Crippen molar-refractivity contribution < 1.29 is 19.8 Å². The van der Waals surface area contributed by atoms with E-state index in [0.29, 0.717) is 30.0 Å². The second kappa shape index (κ2) is 6.05. The van der Waals surface area contributed by atoms with Crippen molar-refractivity contribution in [3.63, 3.8) is 0 Å². The molecule has 0 aliphatic heterocycles. The Kier molecular flexibility index (Phi) is 4.30. The predicted octanol–water partition coefficient (Wildman–Crippen LogP) is 3.91. The summed E-state index contributed by atoms with van der Waals surface area (Å²) in [6.45, 7) is 6.35. The van der Waals surface area contributed by atoms with Crippen LogP contribution in [0.25, 0.3) is 0 Å². The third-order valence-corrected chi connectivity index (χ3v) is 9.39. The summed E-state index contributed by atoms with van der Waals surface area (Å²) in [6.07, 6.45) is 7.24. The largest absolute Gasteiger partial charge is 0.481 e. The molecule has 0 aromatic rings. The predicted molar refractivity (Wildman–Crippen MR) is 98.4 cm³/mol. The Morgan fingerprint density at radius 3 is 2.54 bits per heavy atom. The molecule has 4 saturated carbocycles. The van der Waals surface area contributed by atoms with Crippen LogP contribution in [-0.2, 0) is 9.59 Å². The number of carbonyl (C=O) groups excluding carboxylic acids is 1. The van der Waals surface area contributed by atoms with Crippen molar-refractivity contribution in [2.24, 2.45) is 46.3 Å². The lowest BCUT2D eigenvalue weighted by Gasteiger charge is -2.60. The Labute approximate surface area is 156 Å². The smallest absolute Gasteiger partial charge is 0.306 e. The first-order valence-electron chi connectivity index (χ1n) is 10.6. The summed E-state index contributed by atoms with van der Waals surface area (Å²) >= 11 is 0. The van der Waals surface area contributed by atoms with E-state index in [-0.39, 0.29) is 34.7 Å². The molecule has 4 rings (SSSR count). The lowest BCUT2D eigenvalue weighted by Crippen LogP contribution is -2.58. The number of Topliss-reactive ketones (excluding diaryl/α,β-unsaturated/α-hetero) is 1. The molecule has 4 aliphatic carbocycles. The van der Waals surface area contributed by atoms with Crippen molar-refractivity contribution in [2.45, 2.75) is 78.2 Å². The molecule has 0 heterocycles. The molecular formula is C22H34O4. The van der Waals surface area contributed by atoms with Crippen molar-refractivity contribution in [1.29, 1.82) is 0 Å². The van der Waals surface area contributed by atoms with Crippen molar-refractivity contribution in [2.75, 3.05) is 0 Å². The number of hydrogen-bond donors (Lipinski definition) is 2. The number of carbonyl (C=O) groups is 2. The van der Waals surface area contributed by atoms with E-state index >= 15 is 0 Å². The Morgan fingerprint density at radius 2 is 1.85 bits per heavy atom. The van der Waals surface area contributed by atoms with Gasteiger partial charge in [-0.15, -0.1) is 0 Å². The fourth-order valence-electron chi connectivity index (χ4n) is 8.08. The number of aliphatic hydroxyl groups is 1. The van der Waals surface area contributed by atoms with Crippen LogP contribution in [0.5, 0.6) is 0 Å². The van der Waals surface area contributed by atoms with Crippen LogP contribution >= 0.6 is 0 Å². The van der Waals surface area contributed by atoms with Gasteiger partial charge in [0.25, 0.3) is 0 Å². The standard InChI is InChI=1S/C22H34O4/c1-12(20(25)26)16-6-7-17-15-5-4-13-10-14(23)8-9-21(13,2)19(15)18(24)11-22(16,17)3/h12-17,19,23H,4-11H2,1-3H3,(H,25,26)/t12-,13?,14+,15?,16?,17?,19?,21?,22?/m0/s1. The number of carboxylic acids is 1. The topological polar surface area (TPSA) is 74.6 Å². The number of aliphatic hydroxyl groups excluding tert-OH is 1. The van der Waals surface area contributed by atoms with E-state index in [9.17, 15) is 19.8 Å². The van der Waals surface area contributed by atoms with Gasteiger partial charge in [0.2, 0.25) is 0 Å². The third-order valence-electron chi connectivity index (χ3n) is 9.39. The van der Waals surface area contributed by atoms with Crippen molar-refractivity contribution in [3.05, 3.63) is 0 Å². The summed E-state index contributed by atoms with van der Waals surface area (Å²) in [5.41, 5.74) is -0.107. The molecule has 0 spiro atoms. The number of hydrogen-bond acceptors (Lipinski definition) is 3. The van der Waals surface area contributed by atoms with Crippen LogP contribution in [0.4, 0.5) is 0 Å². The molecule has 2 N–H and O–H groups in total. The molecule has 0 radical (unpaired) electrons. The summed E-state index contributed by atoms with van der Waals surface area (Å²) in [5, 5.41) is 19.7. The van der Waals surface area contributed by atoms with Crippen molar-refractivity contribution in [3.8, 4) is 0 Å². The lowest BCUT2D eigenvalue weighted by atomic mass is 9.44. The molecule has 4 aliphatic rings. The summed E-state index contributed by atoms with van der Waals surface area (Å²) < 4.78 is 0. The Bertz CT molecular complexity index is 615. The second-order valence-electron chi connectivity index (χ2n) is 10.4. The zero-order chi connectivity index (χ0) is 18.9. The van der Waals surface area contributed by atoms with Gasteiger partial charge in [0.05, 0.1) is 12.0 Å². The van der Waals surface area contributed by atoms with Crippen molar-refractivity contribution >= 4 is 11.8 Å². The van der Waals surface area contributed by atoms with Gasteiger partial charge in [0.15, 0.2) is 0 Å². The number of aliphatic carboxylic acids is 1. The quantitative estimate of drug-likeness (QED) is 0.781. The van der Waals surface area contributed by atoms with Crippen LogP contribution in [0.3, 0.4) is 0 Å². The maximum Gasteiger partial charge on any atom is 0.306 e. The molecule has 26 heavy (non-hydrogen) atoms. The first-order valence-corrected chi connectivity index (χ1v) is 10.6. The average Bonchev–Trinajstić information content (AvgIpc) is 2.90. The van der Waals surface area contributed by atoms with E-state index in [4.69, 9.17) is 0 Å². The van der Waals surface area contributed by atoms with Gasteiger partial charge >= 0.3 is 5.97 Å². The normalized spacial score (nSPS) is 51.9. The van der Waals surface area contributed by atoms with E-state index in [0.717, 1.165) is 44.9 Å². The Hall–Kier alpha value is -0.900. The van der Waals surface area contributed by atoms with Gasteiger partial charge in [0.1, 0.15) is 5.78 Å². The molecule has 0 aromatic carbocycles. The maximum absolute atomic E-state index is 13.4. The van der Waals surface area contributed by atoms with Crippen LogP contribution in [0, 0.1) is 46.3 Å². The maximum atomic E-state index is 13.4. The molecule has 0 bridgehead atoms. The Morgan fingerprint density at radius 1 is 1.12 bits per heavy atom. The van der Waals surface area contributed by atoms with Crippen LogP contribution in [0.1, 0.15) is 72.1 Å². The summed E-state index contributed by atoms with van der Waals surface area (Å²) in [6, 6.07) is 0. The number of carboxylic acid groups (broad SMARTS) is 1. The molecule has 9 atom stereocenters. The summed E-state index contributed by atoms with van der Waals surface area (Å²) in [7, 11) is 0. The lowest BCUT2D eigenvalue weighted by molar-refractivity contribution is -0.165.